The van der Waals surface area contributed by atoms with Gasteiger partial charge in [-0.3, -0.25) is 9.59 Å². The summed E-state index contributed by atoms with van der Waals surface area (Å²) in [6.07, 6.45) is 12.2. The van der Waals surface area contributed by atoms with Crippen LogP contribution in [0.5, 0.6) is 0 Å². The van der Waals surface area contributed by atoms with Crippen LogP contribution in [-0.2, 0) is 9.59 Å². The molecular formula is C32H47NO3. The van der Waals surface area contributed by atoms with Gasteiger partial charge in [0.2, 0.25) is 11.7 Å². The minimum Gasteiger partial charge on any atom is -0.504 e. The minimum absolute atomic E-state index is 0.0475. The number of hydrogen-bond donors (Lipinski definition) is 1. The number of carbonyl (C=O) groups is 2. The van der Waals surface area contributed by atoms with Gasteiger partial charge in [0.05, 0.1) is 0 Å². The van der Waals surface area contributed by atoms with Gasteiger partial charge in [-0.15, -0.1) is 0 Å². The number of hydrogen-bond acceptors (Lipinski definition) is 3. The molecule has 4 rings (SSSR count). The van der Waals surface area contributed by atoms with E-state index >= 15 is 0 Å². The molecule has 2 fully saturated rings. The molecule has 0 aromatic heterocycles. The van der Waals surface area contributed by atoms with Gasteiger partial charge in [-0.1, -0.05) is 66.2 Å². The lowest BCUT2D eigenvalue weighted by molar-refractivity contribution is -0.160. The van der Waals surface area contributed by atoms with E-state index in [1.807, 2.05) is 21.0 Å². The number of ketones is 1. The summed E-state index contributed by atoms with van der Waals surface area (Å²) in [6, 6.07) is 0. The molecule has 0 aliphatic heterocycles. The van der Waals surface area contributed by atoms with Crippen molar-refractivity contribution in [1.29, 1.82) is 0 Å². The number of aliphatic hydroxyl groups excluding tert-OH is 1. The summed E-state index contributed by atoms with van der Waals surface area (Å²) in [6.45, 7) is 18.3. The molecule has 0 saturated heterocycles. The third-order valence-electron chi connectivity index (χ3n) is 11.6. The van der Waals surface area contributed by atoms with Gasteiger partial charge >= 0.3 is 0 Å². The highest BCUT2D eigenvalue weighted by Gasteiger charge is 2.63. The highest BCUT2D eigenvalue weighted by atomic mass is 16.3. The first-order valence-corrected chi connectivity index (χ1v) is 13.8. The van der Waals surface area contributed by atoms with Crippen LogP contribution >= 0.6 is 0 Å². The third kappa shape index (κ3) is 3.45. The number of carbonyl (C=O) groups excluding carboxylic acids is 2. The molecule has 198 valence electrons. The Morgan fingerprint density at radius 3 is 2.22 bits per heavy atom. The van der Waals surface area contributed by atoms with Crippen LogP contribution in [0.1, 0.15) is 93.9 Å². The van der Waals surface area contributed by atoms with Crippen molar-refractivity contribution in [2.45, 2.75) is 93.9 Å². The Bertz CT molecular complexity index is 1130. The summed E-state index contributed by atoms with van der Waals surface area (Å²) in [4.78, 5) is 27.8. The van der Waals surface area contributed by atoms with E-state index in [2.05, 4.69) is 60.6 Å². The zero-order valence-electron chi connectivity index (χ0n) is 24.3. The van der Waals surface area contributed by atoms with E-state index in [1.165, 1.54) is 5.57 Å². The van der Waals surface area contributed by atoms with Crippen LogP contribution in [0.25, 0.3) is 0 Å². The Kier molecular flexibility index (Phi) is 6.14. The largest absolute Gasteiger partial charge is 0.504 e. The van der Waals surface area contributed by atoms with Crippen LogP contribution in [0, 0.1) is 33.0 Å². The summed E-state index contributed by atoms with van der Waals surface area (Å²) >= 11 is 0. The highest BCUT2D eigenvalue weighted by molar-refractivity contribution is 6.06. The lowest BCUT2D eigenvalue weighted by atomic mass is 9.38. The van der Waals surface area contributed by atoms with Crippen molar-refractivity contribution in [2.24, 2.45) is 33.0 Å². The van der Waals surface area contributed by atoms with Crippen molar-refractivity contribution in [1.82, 2.24) is 4.90 Å². The average molecular weight is 494 g/mol. The summed E-state index contributed by atoms with van der Waals surface area (Å²) in [5.41, 5.74) is 3.57. The third-order valence-corrected chi connectivity index (χ3v) is 11.6. The number of allylic oxidation sites excluding steroid dienone is 7. The molecule has 4 heteroatoms. The fourth-order valence-corrected chi connectivity index (χ4v) is 8.55. The molecule has 2 saturated carbocycles. The van der Waals surface area contributed by atoms with Gasteiger partial charge in [-0.05, 0) is 84.8 Å². The molecule has 0 spiro atoms. The van der Waals surface area contributed by atoms with Crippen molar-refractivity contribution < 1.29 is 14.7 Å². The zero-order chi connectivity index (χ0) is 27.1. The van der Waals surface area contributed by atoms with E-state index in [1.54, 1.807) is 11.0 Å². The predicted molar refractivity (Wildman–Crippen MR) is 146 cm³/mol. The summed E-state index contributed by atoms with van der Waals surface area (Å²) in [5.74, 6) is 0.244. The molecule has 0 bridgehead atoms. The smallest absolute Gasteiger partial charge is 0.227 e. The molecule has 0 unspecified atom stereocenters. The van der Waals surface area contributed by atoms with E-state index in [-0.39, 0.29) is 44.5 Å². The van der Waals surface area contributed by atoms with Crippen molar-refractivity contribution in [2.75, 3.05) is 14.1 Å². The SMILES string of the molecule is CC[C@@]1(C)C2=CC(=O)C(O)=C(C)C2=CC=C1[C@@]1(C)CC[C@@]2(C)CC[C@@](C)(C(=O)N(C)C)C[C@H]2C1(C)C. The molecule has 0 heterocycles. The first-order chi connectivity index (χ1) is 16.5. The fraction of sp³-hybridized carbons (Fsp3) is 0.688. The maximum Gasteiger partial charge on any atom is 0.227 e. The molecule has 4 aliphatic carbocycles. The second kappa shape index (κ2) is 8.20. The molecule has 1 amide bonds. The average Bonchev–Trinajstić information content (AvgIpc) is 2.82. The van der Waals surface area contributed by atoms with Crippen molar-refractivity contribution in [3.63, 3.8) is 0 Å². The minimum atomic E-state index is -0.330. The fourth-order valence-electron chi connectivity index (χ4n) is 8.55. The Labute approximate surface area is 218 Å². The normalized spacial score (nSPS) is 40.0. The van der Waals surface area contributed by atoms with Crippen LogP contribution in [0.4, 0.5) is 0 Å². The highest BCUT2D eigenvalue weighted by Crippen LogP contribution is 2.71. The lowest BCUT2D eigenvalue weighted by Crippen LogP contribution is -2.59. The molecule has 1 N–H and O–H groups in total. The van der Waals surface area contributed by atoms with Crippen LogP contribution in [-0.4, -0.2) is 35.8 Å². The Morgan fingerprint density at radius 1 is 1.03 bits per heavy atom. The lowest BCUT2D eigenvalue weighted by Gasteiger charge is -2.66. The first kappa shape index (κ1) is 26.9. The van der Waals surface area contributed by atoms with Gasteiger partial charge in [-0.25, -0.2) is 0 Å². The molecule has 5 atom stereocenters. The molecule has 0 radical (unpaired) electrons. The monoisotopic (exact) mass is 493 g/mol. The Balaban J connectivity index is 1.84. The maximum absolute atomic E-state index is 13.3. The van der Waals surface area contributed by atoms with Gasteiger partial charge in [0, 0.05) is 30.5 Å². The van der Waals surface area contributed by atoms with Gasteiger partial charge in [-0.2, -0.15) is 0 Å². The van der Waals surface area contributed by atoms with E-state index in [0.29, 0.717) is 11.5 Å². The first-order valence-electron chi connectivity index (χ1n) is 13.8. The Morgan fingerprint density at radius 2 is 1.64 bits per heavy atom. The maximum atomic E-state index is 13.3. The van der Waals surface area contributed by atoms with E-state index in [9.17, 15) is 14.7 Å². The molecule has 0 aromatic rings. The van der Waals surface area contributed by atoms with Gasteiger partial charge < -0.3 is 10.0 Å². The van der Waals surface area contributed by atoms with E-state index < -0.39 is 0 Å². The van der Waals surface area contributed by atoms with Gasteiger partial charge in [0.25, 0.3) is 0 Å². The summed E-state index contributed by atoms with van der Waals surface area (Å²) in [5, 5.41) is 10.4. The van der Waals surface area contributed by atoms with Gasteiger partial charge in [0.1, 0.15) is 0 Å². The van der Waals surface area contributed by atoms with E-state index in [0.717, 1.165) is 49.7 Å². The number of aliphatic hydroxyl groups is 1. The van der Waals surface area contributed by atoms with Crippen LogP contribution in [0.15, 0.2) is 46.3 Å². The molecule has 4 aliphatic rings. The molecule has 36 heavy (non-hydrogen) atoms. The summed E-state index contributed by atoms with van der Waals surface area (Å²) in [7, 11) is 3.77. The van der Waals surface area contributed by atoms with Crippen molar-refractivity contribution in [3.05, 3.63) is 46.3 Å². The summed E-state index contributed by atoms with van der Waals surface area (Å²) < 4.78 is 0. The van der Waals surface area contributed by atoms with Crippen molar-refractivity contribution >= 4 is 11.7 Å². The van der Waals surface area contributed by atoms with Crippen molar-refractivity contribution in [3.8, 4) is 0 Å². The zero-order valence-corrected chi connectivity index (χ0v) is 24.3. The van der Waals surface area contributed by atoms with Crippen LogP contribution in [0.2, 0.25) is 0 Å². The quantitative estimate of drug-likeness (QED) is 0.447. The number of rotatable bonds is 3. The number of nitrogens with zero attached hydrogens (tertiary/aromatic N) is 1. The second-order valence-corrected chi connectivity index (χ2v) is 14.0. The molecular weight excluding hydrogens is 446 g/mol. The Hall–Kier alpha value is -2.10. The van der Waals surface area contributed by atoms with E-state index in [4.69, 9.17) is 0 Å². The standard InChI is InChI=1S/C32H47NO3/c1-11-31(7)22-18-23(34)26(35)20(2)21(22)12-13-24(31)32(8)17-16-29(5)14-15-30(6,27(36)33(9)10)19-25(29)28(32,3)4/h12-13,18,25,35H,11,14-17,19H2,1-10H3/t25-,29+,30+,31-,32+/m0/s1. The van der Waals surface area contributed by atoms with Crippen LogP contribution < -0.4 is 0 Å². The molecule has 0 aromatic carbocycles. The topological polar surface area (TPSA) is 57.6 Å². The predicted octanol–water partition coefficient (Wildman–Crippen LogP) is 7.34. The number of fused-ring (bicyclic) bond motifs is 2. The second-order valence-electron chi connectivity index (χ2n) is 14.0. The van der Waals surface area contributed by atoms with Gasteiger partial charge in [0.15, 0.2) is 5.76 Å². The number of amides is 1. The van der Waals surface area contributed by atoms with Crippen LogP contribution in [0.3, 0.4) is 0 Å². The molecule has 4 nitrogen and oxygen atoms in total.